The average Bonchev–Trinajstić information content (AvgIpc) is 2.89. The molecule has 8 heteroatoms. The Morgan fingerprint density at radius 2 is 1.43 bits per heavy atom. The maximum Gasteiger partial charge on any atom is 0.264 e. The van der Waals surface area contributed by atoms with Gasteiger partial charge < -0.3 is 0 Å². The third kappa shape index (κ3) is 8.32. The van der Waals surface area contributed by atoms with Crippen molar-refractivity contribution in [1.29, 1.82) is 0 Å². The van der Waals surface area contributed by atoms with E-state index in [1.807, 2.05) is 72.7 Å². The van der Waals surface area contributed by atoms with Crippen molar-refractivity contribution >= 4 is 26.6 Å². The number of rotatable bonds is 4. The highest BCUT2D eigenvalue weighted by atomic mass is 32.2. The molecule has 0 aliphatic heterocycles. The van der Waals surface area contributed by atoms with E-state index in [2.05, 4.69) is 14.7 Å². The number of nitrogens with zero attached hydrogens (tertiary/aromatic N) is 2. The van der Waals surface area contributed by atoms with E-state index in [4.69, 9.17) is 0 Å². The third-order valence-electron chi connectivity index (χ3n) is 4.81. The summed E-state index contributed by atoms with van der Waals surface area (Å²) in [5.41, 5.74) is 4.06. The maximum atomic E-state index is 14.0. The van der Waals surface area contributed by atoms with Crippen molar-refractivity contribution < 1.29 is 17.2 Å². The molecule has 0 aliphatic carbocycles. The Morgan fingerprint density at radius 1 is 0.784 bits per heavy atom. The van der Waals surface area contributed by atoms with Gasteiger partial charge in [0.05, 0.1) is 16.9 Å². The lowest BCUT2D eigenvalue weighted by Gasteiger charge is -2.13. The van der Waals surface area contributed by atoms with Crippen molar-refractivity contribution in [3.05, 3.63) is 83.8 Å². The molecule has 4 rings (SSSR count). The molecule has 0 bridgehead atoms. The van der Waals surface area contributed by atoms with E-state index < -0.39 is 26.6 Å². The van der Waals surface area contributed by atoms with Gasteiger partial charge in [0.25, 0.3) is 10.0 Å². The SMILES string of the molecule is C.CC.CC.CC.Cc1ncc(-c2ccc3nccc(C)c3c2)cc1NS(=O)(=O)c1ccc(F)cc1F. The van der Waals surface area contributed by atoms with Crippen molar-refractivity contribution in [3.8, 4) is 11.1 Å². The smallest absolute Gasteiger partial charge is 0.264 e. The van der Waals surface area contributed by atoms with Crippen molar-refractivity contribution in [3.63, 3.8) is 0 Å². The molecule has 5 nitrogen and oxygen atoms in total. The quantitative estimate of drug-likeness (QED) is 0.286. The molecule has 0 spiro atoms. The van der Waals surface area contributed by atoms with E-state index in [0.29, 0.717) is 17.3 Å². The van der Waals surface area contributed by atoms with Crippen molar-refractivity contribution in [1.82, 2.24) is 9.97 Å². The molecule has 4 aromatic rings. The molecule has 202 valence electrons. The van der Waals surface area contributed by atoms with Crippen molar-refractivity contribution in [2.75, 3.05) is 4.72 Å². The molecular weight excluding hydrogens is 492 g/mol. The van der Waals surface area contributed by atoms with E-state index >= 15 is 0 Å². The van der Waals surface area contributed by atoms with Gasteiger partial charge in [0, 0.05) is 29.4 Å². The number of aromatic nitrogens is 2. The van der Waals surface area contributed by atoms with Crippen LogP contribution in [0.4, 0.5) is 14.5 Å². The van der Waals surface area contributed by atoms with Crippen LogP contribution in [-0.4, -0.2) is 18.4 Å². The average molecular weight is 532 g/mol. The van der Waals surface area contributed by atoms with Crippen molar-refractivity contribution in [2.45, 2.75) is 67.7 Å². The summed E-state index contributed by atoms with van der Waals surface area (Å²) in [6.45, 7) is 15.6. The molecule has 2 heterocycles. The van der Waals surface area contributed by atoms with Gasteiger partial charge in [0.2, 0.25) is 0 Å². The van der Waals surface area contributed by atoms with Crippen LogP contribution < -0.4 is 4.72 Å². The largest absolute Gasteiger partial charge is 0.278 e. The van der Waals surface area contributed by atoms with Gasteiger partial charge in [0.1, 0.15) is 16.5 Å². The second-order valence-corrected chi connectivity index (χ2v) is 8.55. The number of hydrogen-bond acceptors (Lipinski definition) is 4. The van der Waals surface area contributed by atoms with Crippen LogP contribution in [0.3, 0.4) is 0 Å². The number of nitrogens with one attached hydrogen (secondary N) is 1. The summed E-state index contributed by atoms with van der Waals surface area (Å²) < 4.78 is 54.8. The molecule has 0 aliphatic rings. The van der Waals surface area contributed by atoms with E-state index in [1.54, 1.807) is 25.4 Å². The standard InChI is InChI=1S/C22H17F2N3O2S.3C2H6.CH4/c1-13-7-8-25-20-5-3-15(9-18(13)20)16-10-21(14(2)26-12-16)27-30(28,29)22-6-4-17(23)11-19(22)24;3*1-2;/h3-12,27H,1-2H3;3*1-2H3;1H4. The van der Waals surface area contributed by atoms with Gasteiger partial charge in [-0.1, -0.05) is 55.0 Å². The first-order valence-corrected chi connectivity index (χ1v) is 13.5. The molecule has 0 atom stereocenters. The summed E-state index contributed by atoms with van der Waals surface area (Å²) >= 11 is 0. The van der Waals surface area contributed by atoms with Gasteiger partial charge in [-0.3, -0.25) is 14.7 Å². The highest BCUT2D eigenvalue weighted by Crippen LogP contribution is 2.29. The lowest BCUT2D eigenvalue weighted by molar-refractivity contribution is 0.551. The summed E-state index contributed by atoms with van der Waals surface area (Å²) in [7, 11) is -4.27. The number of halogens is 2. The minimum Gasteiger partial charge on any atom is -0.278 e. The predicted octanol–water partition coefficient (Wildman–Crippen LogP) is 8.71. The molecule has 0 fully saturated rings. The fourth-order valence-electron chi connectivity index (χ4n) is 3.15. The lowest BCUT2D eigenvalue weighted by atomic mass is 10.0. The van der Waals surface area contributed by atoms with Crippen LogP contribution in [0.1, 0.15) is 60.2 Å². The second kappa shape index (κ2) is 15.7. The van der Waals surface area contributed by atoms with Crippen LogP contribution in [0.2, 0.25) is 0 Å². The van der Waals surface area contributed by atoms with Gasteiger partial charge in [0.15, 0.2) is 0 Å². The van der Waals surface area contributed by atoms with Crippen LogP contribution in [0.15, 0.2) is 65.8 Å². The zero-order valence-corrected chi connectivity index (χ0v) is 23.0. The summed E-state index contributed by atoms with van der Waals surface area (Å²) in [5, 5.41) is 0.978. The van der Waals surface area contributed by atoms with E-state index in [0.717, 1.165) is 34.2 Å². The molecule has 0 radical (unpaired) electrons. The van der Waals surface area contributed by atoms with E-state index in [9.17, 15) is 17.2 Å². The Kier molecular flexibility index (Phi) is 14.2. The zero-order chi connectivity index (χ0) is 27.5. The lowest BCUT2D eigenvalue weighted by Crippen LogP contribution is -2.16. The summed E-state index contributed by atoms with van der Waals surface area (Å²) in [4.78, 5) is 7.97. The highest BCUT2D eigenvalue weighted by molar-refractivity contribution is 7.92. The number of fused-ring (bicyclic) bond motifs is 1. The Labute approximate surface area is 221 Å². The molecule has 1 N–H and O–H groups in total. The Hall–Kier alpha value is -3.39. The number of benzene rings is 2. The summed E-state index contributed by atoms with van der Waals surface area (Å²) in [5.74, 6) is -2.02. The number of sulfonamides is 1. The molecule has 0 saturated carbocycles. The minimum absolute atomic E-state index is 0. The Morgan fingerprint density at radius 3 is 2.05 bits per heavy atom. The van der Waals surface area contributed by atoms with Crippen LogP contribution in [-0.2, 0) is 10.0 Å². The molecule has 2 aromatic carbocycles. The first-order valence-electron chi connectivity index (χ1n) is 12.0. The van der Waals surface area contributed by atoms with Gasteiger partial charge in [-0.05, 0) is 61.4 Å². The topological polar surface area (TPSA) is 72.0 Å². The van der Waals surface area contributed by atoms with Crippen LogP contribution in [0.5, 0.6) is 0 Å². The number of aryl methyl sites for hydroxylation is 2. The monoisotopic (exact) mass is 531 g/mol. The number of anilines is 1. The molecule has 0 unspecified atom stereocenters. The van der Waals surface area contributed by atoms with Gasteiger partial charge in [-0.15, -0.1) is 0 Å². The fraction of sp³-hybridized carbons (Fsp3) is 0.310. The maximum absolute atomic E-state index is 14.0. The third-order valence-corrected chi connectivity index (χ3v) is 6.21. The van der Waals surface area contributed by atoms with Gasteiger partial charge >= 0.3 is 0 Å². The van der Waals surface area contributed by atoms with Crippen LogP contribution in [0, 0.1) is 25.5 Å². The molecule has 0 amide bonds. The molecule has 2 aromatic heterocycles. The molecule has 37 heavy (non-hydrogen) atoms. The normalized spacial score (nSPS) is 9.89. The first kappa shape index (κ1) is 33.6. The summed E-state index contributed by atoms with van der Waals surface area (Å²) in [6.07, 6.45) is 3.38. The highest BCUT2D eigenvalue weighted by Gasteiger charge is 2.21. The number of pyridine rings is 2. The van der Waals surface area contributed by atoms with Crippen LogP contribution >= 0.6 is 0 Å². The zero-order valence-electron chi connectivity index (χ0n) is 22.1. The predicted molar refractivity (Wildman–Crippen MR) is 152 cm³/mol. The van der Waals surface area contributed by atoms with Gasteiger partial charge in [-0.2, -0.15) is 0 Å². The first-order chi connectivity index (χ1) is 17.2. The fourth-order valence-corrected chi connectivity index (χ4v) is 4.32. The second-order valence-electron chi connectivity index (χ2n) is 6.90. The van der Waals surface area contributed by atoms with Crippen LogP contribution in [0.25, 0.3) is 22.0 Å². The Balaban J connectivity index is 0.00000173. The molecule has 0 saturated heterocycles. The van der Waals surface area contributed by atoms with E-state index in [-0.39, 0.29) is 13.1 Å². The van der Waals surface area contributed by atoms with Crippen molar-refractivity contribution in [2.24, 2.45) is 0 Å². The number of hydrogen-bond donors (Lipinski definition) is 1. The van der Waals surface area contributed by atoms with E-state index in [1.165, 1.54) is 0 Å². The molecular formula is C29H39F2N3O2S. The Bertz CT molecular complexity index is 1390. The minimum atomic E-state index is -4.27. The summed E-state index contributed by atoms with van der Waals surface area (Å²) in [6, 6.07) is 11.6. The van der Waals surface area contributed by atoms with Gasteiger partial charge in [-0.25, -0.2) is 17.2 Å².